The predicted octanol–water partition coefficient (Wildman–Crippen LogP) is 0.846. The van der Waals surface area contributed by atoms with Gasteiger partial charge in [0, 0.05) is 6.42 Å². The van der Waals surface area contributed by atoms with Crippen LogP contribution in [0.5, 0.6) is 0 Å². The van der Waals surface area contributed by atoms with Crippen LogP contribution in [-0.2, 0) is 20.8 Å². The van der Waals surface area contributed by atoms with Crippen molar-refractivity contribution in [3.63, 3.8) is 0 Å². The van der Waals surface area contributed by atoms with Gasteiger partial charge in [0.2, 0.25) is 5.91 Å². The highest BCUT2D eigenvalue weighted by Crippen LogP contribution is 2.15. The molecule has 1 amide bonds. The van der Waals surface area contributed by atoms with Crippen LogP contribution < -0.4 is 0 Å². The Morgan fingerprint density at radius 2 is 2.12 bits per heavy atom. The van der Waals surface area contributed by atoms with Gasteiger partial charge in [-0.3, -0.25) is 9.63 Å². The number of hydroxylamine groups is 2. The summed E-state index contributed by atoms with van der Waals surface area (Å²) >= 11 is 0. The number of hydrogen-bond acceptors (Lipinski definition) is 3. The molecule has 1 aromatic carbocycles. The molecule has 1 aliphatic heterocycles. The van der Waals surface area contributed by atoms with Gasteiger partial charge in [0.05, 0.1) is 13.0 Å². The average molecular weight is 235 g/mol. The number of aliphatic carboxylic acids is 1. The molecule has 1 heterocycles. The summed E-state index contributed by atoms with van der Waals surface area (Å²) in [6, 6.07) is 8.23. The number of carbonyl (C=O) groups excluding carboxylic acids is 1. The van der Waals surface area contributed by atoms with E-state index in [1.165, 1.54) is 0 Å². The van der Waals surface area contributed by atoms with E-state index in [1.807, 2.05) is 30.3 Å². The summed E-state index contributed by atoms with van der Waals surface area (Å²) < 4.78 is 0. The van der Waals surface area contributed by atoms with E-state index in [4.69, 9.17) is 9.94 Å². The lowest BCUT2D eigenvalue weighted by atomic mass is 10.1. The fourth-order valence-corrected chi connectivity index (χ4v) is 1.79. The second-order valence-electron chi connectivity index (χ2n) is 3.85. The molecule has 1 aromatic rings. The van der Waals surface area contributed by atoms with Crippen LogP contribution >= 0.6 is 0 Å². The molecule has 5 heteroatoms. The van der Waals surface area contributed by atoms with Crippen LogP contribution in [0.3, 0.4) is 0 Å². The Morgan fingerprint density at radius 1 is 1.41 bits per heavy atom. The first-order valence-electron chi connectivity index (χ1n) is 5.40. The fraction of sp³-hybridized carbons (Fsp3) is 0.333. The topological polar surface area (TPSA) is 66.8 Å². The summed E-state index contributed by atoms with van der Waals surface area (Å²) in [5.41, 5.74) is 0.864. The molecule has 0 aromatic heterocycles. The van der Waals surface area contributed by atoms with Crippen molar-refractivity contribution in [2.24, 2.45) is 0 Å². The molecule has 1 unspecified atom stereocenters. The van der Waals surface area contributed by atoms with Crippen molar-refractivity contribution in [2.75, 3.05) is 6.61 Å². The Labute approximate surface area is 98.6 Å². The van der Waals surface area contributed by atoms with Crippen LogP contribution in [0.4, 0.5) is 0 Å². The zero-order valence-corrected chi connectivity index (χ0v) is 9.20. The van der Waals surface area contributed by atoms with Crippen LogP contribution in [0.25, 0.3) is 0 Å². The normalized spacial score (nSPS) is 17.2. The van der Waals surface area contributed by atoms with Gasteiger partial charge in [-0.2, -0.15) is 0 Å². The van der Waals surface area contributed by atoms with E-state index >= 15 is 0 Å². The number of amides is 1. The second-order valence-corrected chi connectivity index (χ2v) is 3.85. The number of carbonyl (C=O) groups is 2. The van der Waals surface area contributed by atoms with E-state index in [-0.39, 0.29) is 25.4 Å². The summed E-state index contributed by atoms with van der Waals surface area (Å²) in [5.74, 6) is -1.32. The molecule has 5 nitrogen and oxygen atoms in total. The van der Waals surface area contributed by atoms with E-state index in [1.54, 1.807) is 0 Å². The summed E-state index contributed by atoms with van der Waals surface area (Å²) in [5, 5.41) is 10.1. The van der Waals surface area contributed by atoms with Crippen LogP contribution in [0.2, 0.25) is 0 Å². The van der Waals surface area contributed by atoms with E-state index in [0.717, 1.165) is 10.6 Å². The van der Waals surface area contributed by atoms with Gasteiger partial charge in [0.15, 0.2) is 6.04 Å². The zero-order chi connectivity index (χ0) is 12.3. The number of carboxylic acids is 1. The predicted molar refractivity (Wildman–Crippen MR) is 59.0 cm³/mol. The van der Waals surface area contributed by atoms with Crippen molar-refractivity contribution in [3.05, 3.63) is 35.9 Å². The molecule has 0 aliphatic carbocycles. The molecule has 17 heavy (non-hydrogen) atoms. The lowest BCUT2D eigenvalue weighted by molar-refractivity contribution is -0.185. The smallest absolute Gasteiger partial charge is 0.329 e. The molecule has 1 fully saturated rings. The summed E-state index contributed by atoms with van der Waals surface area (Å²) in [4.78, 5) is 27.7. The van der Waals surface area contributed by atoms with Gasteiger partial charge in [-0.15, -0.1) is 0 Å². The zero-order valence-electron chi connectivity index (χ0n) is 9.20. The molecule has 2 rings (SSSR count). The Kier molecular flexibility index (Phi) is 3.39. The third kappa shape index (κ3) is 2.62. The molecule has 1 N–H and O–H groups in total. The van der Waals surface area contributed by atoms with Gasteiger partial charge in [0.1, 0.15) is 0 Å². The third-order valence-electron chi connectivity index (χ3n) is 2.63. The van der Waals surface area contributed by atoms with Crippen molar-refractivity contribution in [1.82, 2.24) is 5.06 Å². The molecule has 90 valence electrons. The minimum absolute atomic E-state index is 0.249. The largest absolute Gasteiger partial charge is 0.480 e. The molecule has 1 saturated heterocycles. The molecular formula is C12H13NO4. The highest BCUT2D eigenvalue weighted by Gasteiger charge is 2.34. The first-order chi connectivity index (χ1) is 8.18. The van der Waals surface area contributed by atoms with E-state index in [0.29, 0.717) is 0 Å². The maximum atomic E-state index is 11.4. The number of carboxylic acid groups (broad SMARTS) is 1. The van der Waals surface area contributed by atoms with Gasteiger partial charge in [-0.1, -0.05) is 30.3 Å². The monoisotopic (exact) mass is 235 g/mol. The summed E-state index contributed by atoms with van der Waals surface area (Å²) in [7, 11) is 0. The average Bonchev–Trinajstić information content (AvgIpc) is 2.73. The van der Waals surface area contributed by atoms with Crippen molar-refractivity contribution >= 4 is 11.9 Å². The lowest BCUT2D eigenvalue weighted by Crippen LogP contribution is -2.42. The van der Waals surface area contributed by atoms with Crippen LogP contribution in [0.1, 0.15) is 12.0 Å². The van der Waals surface area contributed by atoms with Gasteiger partial charge in [-0.25, -0.2) is 9.86 Å². The summed E-state index contributed by atoms with van der Waals surface area (Å²) in [6.45, 7) is 0.261. The minimum atomic E-state index is -1.05. The number of nitrogens with zero attached hydrogens (tertiary/aromatic N) is 1. The Bertz CT molecular complexity index is 418. The molecule has 1 aliphatic rings. The third-order valence-corrected chi connectivity index (χ3v) is 2.63. The second kappa shape index (κ2) is 4.97. The molecule has 0 radical (unpaired) electrons. The first-order valence-corrected chi connectivity index (χ1v) is 5.40. The molecule has 0 saturated carbocycles. The summed E-state index contributed by atoms with van der Waals surface area (Å²) in [6.07, 6.45) is 0.500. The Balaban J connectivity index is 2.13. The van der Waals surface area contributed by atoms with Crippen molar-refractivity contribution < 1.29 is 19.5 Å². The van der Waals surface area contributed by atoms with E-state index in [2.05, 4.69) is 0 Å². The maximum absolute atomic E-state index is 11.4. The number of rotatable bonds is 4. The standard InChI is InChI=1S/C12H13NO4/c14-11-6-7-17-13(11)10(12(15)16)8-9-4-2-1-3-5-9/h1-5,10H,6-8H2,(H,15,16). The SMILES string of the molecule is O=C(O)C(Cc1ccccc1)N1OCCC1=O. The van der Waals surface area contributed by atoms with E-state index < -0.39 is 12.0 Å². The highest BCUT2D eigenvalue weighted by atomic mass is 16.7. The van der Waals surface area contributed by atoms with Gasteiger partial charge >= 0.3 is 5.97 Å². The van der Waals surface area contributed by atoms with Gasteiger partial charge < -0.3 is 5.11 Å². The number of benzene rings is 1. The van der Waals surface area contributed by atoms with Gasteiger partial charge in [0.25, 0.3) is 0 Å². The lowest BCUT2D eigenvalue weighted by Gasteiger charge is -2.22. The Hall–Kier alpha value is -1.88. The number of hydrogen-bond donors (Lipinski definition) is 1. The van der Waals surface area contributed by atoms with Crippen molar-refractivity contribution in [1.29, 1.82) is 0 Å². The minimum Gasteiger partial charge on any atom is -0.480 e. The Morgan fingerprint density at radius 3 is 2.65 bits per heavy atom. The highest BCUT2D eigenvalue weighted by molar-refractivity contribution is 5.83. The van der Waals surface area contributed by atoms with Crippen LogP contribution in [0, 0.1) is 0 Å². The van der Waals surface area contributed by atoms with Crippen molar-refractivity contribution in [3.8, 4) is 0 Å². The molecule has 1 atom stereocenters. The van der Waals surface area contributed by atoms with Crippen LogP contribution in [-0.4, -0.2) is 34.7 Å². The molecule has 0 spiro atoms. The first kappa shape index (κ1) is 11.6. The molecular weight excluding hydrogens is 222 g/mol. The van der Waals surface area contributed by atoms with Gasteiger partial charge in [-0.05, 0) is 5.56 Å². The quantitative estimate of drug-likeness (QED) is 0.840. The van der Waals surface area contributed by atoms with Crippen molar-refractivity contribution in [2.45, 2.75) is 18.9 Å². The fourth-order valence-electron chi connectivity index (χ4n) is 1.79. The van der Waals surface area contributed by atoms with Crippen LogP contribution in [0.15, 0.2) is 30.3 Å². The molecule has 0 bridgehead atoms. The van der Waals surface area contributed by atoms with E-state index in [9.17, 15) is 9.59 Å². The maximum Gasteiger partial charge on any atom is 0.329 e.